The molecular weight excluding hydrogens is 749 g/mol. The molecular formula is C43H48N4O9S. The number of rotatable bonds is 15. The molecule has 5 aromatic rings. The van der Waals surface area contributed by atoms with Crippen LogP contribution < -0.4 is 9.47 Å². The zero-order valence-corrected chi connectivity index (χ0v) is 33.8. The van der Waals surface area contributed by atoms with Gasteiger partial charge < -0.3 is 33.1 Å². The number of nitrogens with zero attached hydrogens (tertiary/aromatic N) is 4. The van der Waals surface area contributed by atoms with Gasteiger partial charge in [0.1, 0.15) is 24.6 Å². The third-order valence-corrected chi connectivity index (χ3v) is 11.1. The van der Waals surface area contributed by atoms with Crippen molar-refractivity contribution >= 4 is 28.6 Å². The van der Waals surface area contributed by atoms with Crippen molar-refractivity contribution in [1.82, 2.24) is 14.5 Å². The van der Waals surface area contributed by atoms with Gasteiger partial charge in [-0.15, -0.1) is 21.9 Å². The van der Waals surface area contributed by atoms with Crippen molar-refractivity contribution in [3.05, 3.63) is 112 Å². The van der Waals surface area contributed by atoms with Crippen molar-refractivity contribution in [1.29, 1.82) is 0 Å². The molecule has 2 fully saturated rings. The lowest BCUT2D eigenvalue weighted by molar-refractivity contribution is -0.769. The van der Waals surface area contributed by atoms with Gasteiger partial charge in [-0.1, -0.05) is 51.1 Å². The van der Waals surface area contributed by atoms with Crippen molar-refractivity contribution in [2.45, 2.75) is 95.2 Å². The Morgan fingerprint density at radius 2 is 1.67 bits per heavy atom. The van der Waals surface area contributed by atoms with Crippen LogP contribution in [0.3, 0.4) is 0 Å². The molecule has 0 amide bonds. The number of hydrogen-bond acceptors (Lipinski definition) is 12. The SMILES string of the molecule is CCOc1ccc(-c2ccc(Cn3c(CC(C)(C)C(=O)O[C@H]4CO[C@H]5[C@@H]4OC[C@H]5O[N+](=O)[O-])c(SC(C)(C)C)c4cc(OCc5ccccn5)ccc43)cc2)cn1. The maximum Gasteiger partial charge on any atom is 0.312 e. The molecule has 2 aliphatic rings. The predicted molar refractivity (Wildman–Crippen MR) is 215 cm³/mol. The summed E-state index contributed by atoms with van der Waals surface area (Å²) in [4.78, 5) is 39.8. The third kappa shape index (κ3) is 9.35. The molecule has 4 atom stereocenters. The van der Waals surface area contributed by atoms with Gasteiger partial charge in [0.2, 0.25) is 5.88 Å². The highest BCUT2D eigenvalue weighted by atomic mass is 32.2. The first-order valence-electron chi connectivity index (χ1n) is 19.1. The highest BCUT2D eigenvalue weighted by Gasteiger charge is 2.52. The van der Waals surface area contributed by atoms with E-state index in [-0.39, 0.29) is 18.0 Å². The maximum absolute atomic E-state index is 14.1. The van der Waals surface area contributed by atoms with Gasteiger partial charge in [0.15, 0.2) is 12.2 Å². The highest BCUT2D eigenvalue weighted by Crippen LogP contribution is 2.45. The summed E-state index contributed by atoms with van der Waals surface area (Å²) in [6.45, 7) is 13.7. The second kappa shape index (κ2) is 16.7. The van der Waals surface area contributed by atoms with Crippen molar-refractivity contribution < 1.29 is 38.4 Å². The molecule has 0 N–H and O–H groups in total. The Hall–Kier alpha value is -5.18. The Balaban J connectivity index is 1.21. The van der Waals surface area contributed by atoms with E-state index in [1.165, 1.54) is 0 Å². The van der Waals surface area contributed by atoms with Gasteiger partial charge in [-0.05, 0) is 68.3 Å². The topological polar surface area (TPSA) is 146 Å². The molecule has 13 nitrogen and oxygen atoms in total. The fourth-order valence-corrected chi connectivity index (χ4v) is 8.34. The predicted octanol–water partition coefficient (Wildman–Crippen LogP) is 7.87. The van der Waals surface area contributed by atoms with Crippen LogP contribution >= 0.6 is 11.8 Å². The van der Waals surface area contributed by atoms with Crippen LogP contribution in [0, 0.1) is 15.5 Å². The third-order valence-electron chi connectivity index (χ3n) is 9.87. The van der Waals surface area contributed by atoms with E-state index in [1.54, 1.807) is 18.0 Å². The number of pyridine rings is 2. The van der Waals surface area contributed by atoms with E-state index < -0.39 is 40.9 Å². The number of carbonyl (C=O) groups is 1. The summed E-state index contributed by atoms with van der Waals surface area (Å²) in [5.41, 5.74) is 4.94. The molecule has 0 spiro atoms. The van der Waals surface area contributed by atoms with Crippen LogP contribution in [0.4, 0.5) is 0 Å². The Bertz CT molecular complexity index is 2190. The van der Waals surface area contributed by atoms with Gasteiger partial charge in [-0.2, -0.15) is 0 Å². The van der Waals surface area contributed by atoms with Crippen LogP contribution in [0.5, 0.6) is 11.6 Å². The summed E-state index contributed by atoms with van der Waals surface area (Å²) in [7, 11) is 0. The van der Waals surface area contributed by atoms with Crippen molar-refractivity contribution in [2.75, 3.05) is 19.8 Å². The quantitative estimate of drug-likeness (QED) is 0.0440. The normalized spacial score (nSPS) is 19.3. The monoisotopic (exact) mass is 796 g/mol. The molecule has 14 heteroatoms. The van der Waals surface area contributed by atoms with Crippen LogP contribution in [-0.2, 0) is 43.4 Å². The van der Waals surface area contributed by atoms with E-state index in [4.69, 9.17) is 28.5 Å². The average molecular weight is 797 g/mol. The van der Waals surface area contributed by atoms with Gasteiger partial charge in [-0.3, -0.25) is 9.78 Å². The average Bonchev–Trinajstić information content (AvgIpc) is 3.84. The number of thioether (sulfide) groups is 1. The first-order valence-corrected chi connectivity index (χ1v) is 19.9. The molecule has 57 heavy (non-hydrogen) atoms. The zero-order valence-electron chi connectivity index (χ0n) is 33.0. The second-order valence-corrected chi connectivity index (χ2v) is 17.7. The molecule has 0 unspecified atom stereocenters. The van der Waals surface area contributed by atoms with Gasteiger partial charge in [-0.25, -0.2) is 4.98 Å². The first-order chi connectivity index (χ1) is 27.3. The van der Waals surface area contributed by atoms with Gasteiger partial charge >= 0.3 is 5.97 Å². The van der Waals surface area contributed by atoms with E-state index in [1.807, 2.05) is 63.4 Å². The van der Waals surface area contributed by atoms with Crippen molar-refractivity contribution in [2.24, 2.45) is 5.41 Å². The standard InChI is InChI=1S/C43H48N4O9S/c1-7-51-37-18-15-29(22-45-37)28-13-11-27(12-14-28)23-46-33-17-16-31(52-24-30-10-8-9-19-44-30)20-32(33)40(57-42(2,3)4)34(46)21-43(5,6)41(48)55-35-25-53-39-36(56-47(49)50)26-54-38(35)39/h8-20,22,35-36,38-39H,7,21,23-26H2,1-6H3/t35-,36+,38+,39+/m0/s1. The van der Waals surface area contributed by atoms with Gasteiger partial charge in [0, 0.05) is 63.2 Å². The smallest absolute Gasteiger partial charge is 0.312 e. The summed E-state index contributed by atoms with van der Waals surface area (Å²) in [6.07, 6.45) is 0.977. The maximum atomic E-state index is 14.1. The number of aromatic nitrogens is 3. The Morgan fingerprint density at radius 1 is 0.930 bits per heavy atom. The number of benzene rings is 2. The number of ether oxygens (including phenoxy) is 5. The Labute approximate surface area is 336 Å². The van der Waals surface area contributed by atoms with Gasteiger partial charge in [0.25, 0.3) is 5.09 Å². The second-order valence-electron chi connectivity index (χ2n) is 15.8. The van der Waals surface area contributed by atoms with E-state index in [0.29, 0.717) is 37.8 Å². The molecule has 2 aromatic carbocycles. The highest BCUT2D eigenvalue weighted by molar-refractivity contribution is 8.00. The van der Waals surface area contributed by atoms with Crippen LogP contribution in [-0.4, -0.2) is 74.6 Å². The van der Waals surface area contributed by atoms with E-state index in [2.05, 4.69) is 71.7 Å². The molecule has 0 radical (unpaired) electrons. The lowest BCUT2D eigenvalue weighted by atomic mass is 9.87. The minimum atomic E-state index is -0.991. The Morgan fingerprint density at radius 3 is 2.33 bits per heavy atom. The fraction of sp³-hybridized carbons (Fsp3) is 0.419. The van der Waals surface area contributed by atoms with Crippen LogP contribution in [0.25, 0.3) is 22.0 Å². The minimum Gasteiger partial charge on any atom is -0.487 e. The number of esters is 1. The molecule has 300 valence electrons. The number of carbonyl (C=O) groups excluding carboxylic acids is 1. The number of fused-ring (bicyclic) bond motifs is 2. The molecule has 0 aliphatic carbocycles. The summed E-state index contributed by atoms with van der Waals surface area (Å²) in [5, 5.41) is 11.2. The molecule has 5 heterocycles. The molecule has 2 saturated heterocycles. The molecule has 0 saturated carbocycles. The van der Waals surface area contributed by atoms with Crippen molar-refractivity contribution in [3.8, 4) is 22.8 Å². The molecule has 0 bridgehead atoms. The Kier molecular flexibility index (Phi) is 11.8. The summed E-state index contributed by atoms with van der Waals surface area (Å²) in [6, 6.07) is 24.2. The summed E-state index contributed by atoms with van der Waals surface area (Å²) < 4.78 is 31.6. The fourth-order valence-electron chi connectivity index (χ4n) is 7.15. The van der Waals surface area contributed by atoms with Crippen LogP contribution in [0.15, 0.2) is 90.1 Å². The molecule has 3 aromatic heterocycles. The van der Waals surface area contributed by atoms with Crippen molar-refractivity contribution in [3.63, 3.8) is 0 Å². The van der Waals surface area contributed by atoms with Gasteiger partial charge in [0.05, 0.1) is 30.9 Å². The van der Waals surface area contributed by atoms with E-state index >= 15 is 0 Å². The van der Waals surface area contributed by atoms with Crippen LogP contribution in [0.1, 0.15) is 58.5 Å². The van der Waals surface area contributed by atoms with Crippen LogP contribution in [0.2, 0.25) is 0 Å². The van der Waals surface area contributed by atoms with E-state index in [0.717, 1.165) is 43.9 Å². The largest absolute Gasteiger partial charge is 0.487 e. The first kappa shape index (κ1) is 40.0. The summed E-state index contributed by atoms with van der Waals surface area (Å²) in [5.74, 6) is 0.885. The van der Waals surface area contributed by atoms with E-state index in [9.17, 15) is 14.9 Å². The zero-order chi connectivity index (χ0) is 40.3. The minimum absolute atomic E-state index is 0.0210. The lowest BCUT2D eigenvalue weighted by Gasteiger charge is -2.28. The molecule has 2 aliphatic heterocycles. The molecule has 7 rings (SSSR count). The summed E-state index contributed by atoms with van der Waals surface area (Å²) >= 11 is 1.75. The lowest BCUT2D eigenvalue weighted by Crippen LogP contribution is -2.39. The number of hydrogen-bond donors (Lipinski definition) is 0.